The van der Waals surface area contributed by atoms with Gasteiger partial charge in [0, 0.05) is 29.0 Å². The number of aromatic amines is 1. The van der Waals surface area contributed by atoms with E-state index in [2.05, 4.69) is 25.9 Å². The number of ketones is 1. The van der Waals surface area contributed by atoms with Crippen LogP contribution in [0.5, 0.6) is 0 Å². The summed E-state index contributed by atoms with van der Waals surface area (Å²) >= 11 is 9.50. The first-order valence-corrected chi connectivity index (χ1v) is 6.97. The molecule has 3 rings (SSSR count). The molecule has 20 heavy (non-hydrogen) atoms. The van der Waals surface area contributed by atoms with E-state index in [1.165, 1.54) is 0 Å². The van der Waals surface area contributed by atoms with Crippen LogP contribution in [0, 0.1) is 0 Å². The summed E-state index contributed by atoms with van der Waals surface area (Å²) in [7, 11) is 0. The Bertz CT molecular complexity index is 828. The van der Waals surface area contributed by atoms with Gasteiger partial charge in [-0.3, -0.25) is 4.79 Å². The third-order valence-corrected chi connectivity index (χ3v) is 4.24. The summed E-state index contributed by atoms with van der Waals surface area (Å²) in [5.41, 5.74) is 7.87. The average molecular weight is 351 g/mol. The summed E-state index contributed by atoms with van der Waals surface area (Å²) < 4.78 is 0.583. The lowest BCUT2D eigenvalue weighted by Crippen LogP contribution is -2.03. The van der Waals surface area contributed by atoms with Gasteiger partial charge < -0.3 is 10.7 Å². The molecule has 0 aliphatic rings. The first-order chi connectivity index (χ1) is 9.59. The van der Waals surface area contributed by atoms with Crippen LogP contribution < -0.4 is 5.73 Å². The van der Waals surface area contributed by atoms with Crippen LogP contribution in [0.3, 0.4) is 0 Å². The Labute approximate surface area is 128 Å². The summed E-state index contributed by atoms with van der Waals surface area (Å²) in [5.74, 6) is -0.162. The minimum atomic E-state index is -0.162. The SMILES string of the molecule is Nc1cccc(C(=O)c2c[nH]c3nccc(Cl)c23)c1Br. The van der Waals surface area contributed by atoms with Gasteiger partial charge in [-0.05, 0) is 34.1 Å². The van der Waals surface area contributed by atoms with Crippen molar-refractivity contribution in [3.8, 4) is 0 Å². The number of benzene rings is 1. The first kappa shape index (κ1) is 13.1. The Kier molecular flexibility index (Phi) is 3.23. The van der Waals surface area contributed by atoms with Gasteiger partial charge in [0.2, 0.25) is 0 Å². The summed E-state index contributed by atoms with van der Waals surface area (Å²) in [5, 5.41) is 1.10. The second kappa shape index (κ2) is 4.92. The molecular formula is C14H9BrClN3O. The van der Waals surface area contributed by atoms with Gasteiger partial charge in [0.15, 0.2) is 5.78 Å². The standard InChI is InChI=1S/C14H9BrClN3O/c15-12-7(2-1-3-10(12)17)13(20)8-6-19-14-11(8)9(16)4-5-18-14/h1-6H,17H2,(H,18,19). The molecule has 100 valence electrons. The minimum Gasteiger partial charge on any atom is -0.398 e. The maximum Gasteiger partial charge on any atom is 0.196 e. The van der Waals surface area contributed by atoms with Crippen molar-refractivity contribution in [2.24, 2.45) is 0 Å². The molecule has 2 aromatic heterocycles. The monoisotopic (exact) mass is 349 g/mol. The lowest BCUT2D eigenvalue weighted by atomic mass is 10.0. The van der Waals surface area contributed by atoms with Crippen molar-refractivity contribution in [1.29, 1.82) is 0 Å². The van der Waals surface area contributed by atoms with Crippen molar-refractivity contribution in [3.05, 3.63) is 57.3 Å². The minimum absolute atomic E-state index is 0.162. The van der Waals surface area contributed by atoms with Gasteiger partial charge in [-0.25, -0.2) is 4.98 Å². The molecular weight excluding hydrogens is 342 g/mol. The zero-order chi connectivity index (χ0) is 14.3. The van der Waals surface area contributed by atoms with E-state index in [0.717, 1.165) is 0 Å². The van der Waals surface area contributed by atoms with Crippen molar-refractivity contribution >= 4 is 50.0 Å². The van der Waals surface area contributed by atoms with E-state index >= 15 is 0 Å². The van der Waals surface area contributed by atoms with Crippen molar-refractivity contribution in [1.82, 2.24) is 9.97 Å². The van der Waals surface area contributed by atoms with E-state index in [1.807, 2.05) is 0 Å². The number of nitrogens with zero attached hydrogens (tertiary/aromatic N) is 1. The van der Waals surface area contributed by atoms with Crippen LogP contribution in [0.15, 0.2) is 41.1 Å². The van der Waals surface area contributed by atoms with Crippen LogP contribution in [0.4, 0.5) is 5.69 Å². The first-order valence-electron chi connectivity index (χ1n) is 5.80. The number of H-pyrrole nitrogens is 1. The Balaban J connectivity index is 2.21. The number of pyridine rings is 1. The average Bonchev–Trinajstić information content (AvgIpc) is 2.86. The fourth-order valence-corrected chi connectivity index (χ4v) is 2.76. The molecule has 0 amide bonds. The van der Waals surface area contributed by atoms with Crippen molar-refractivity contribution in [2.45, 2.75) is 0 Å². The van der Waals surface area contributed by atoms with Crippen molar-refractivity contribution in [3.63, 3.8) is 0 Å². The number of carbonyl (C=O) groups is 1. The van der Waals surface area contributed by atoms with Crippen molar-refractivity contribution in [2.75, 3.05) is 5.73 Å². The van der Waals surface area contributed by atoms with Crippen LogP contribution in [0.1, 0.15) is 15.9 Å². The highest BCUT2D eigenvalue weighted by Gasteiger charge is 2.19. The molecule has 0 spiro atoms. The lowest BCUT2D eigenvalue weighted by molar-refractivity contribution is 0.103. The van der Waals surface area contributed by atoms with Crippen LogP contribution in [0.25, 0.3) is 11.0 Å². The lowest BCUT2D eigenvalue weighted by Gasteiger charge is -2.05. The Morgan fingerprint density at radius 3 is 2.90 bits per heavy atom. The molecule has 0 fully saturated rings. The van der Waals surface area contributed by atoms with Crippen LogP contribution in [-0.2, 0) is 0 Å². The predicted octanol–water partition coefficient (Wildman–Crippen LogP) is 3.79. The normalized spacial score (nSPS) is 10.9. The van der Waals surface area contributed by atoms with Crippen LogP contribution in [0.2, 0.25) is 5.02 Å². The Morgan fingerprint density at radius 2 is 2.10 bits per heavy atom. The predicted molar refractivity (Wildman–Crippen MR) is 83.1 cm³/mol. The Morgan fingerprint density at radius 1 is 1.30 bits per heavy atom. The third-order valence-electron chi connectivity index (χ3n) is 3.04. The van der Waals surface area contributed by atoms with Crippen LogP contribution >= 0.6 is 27.5 Å². The molecule has 0 saturated carbocycles. The third kappa shape index (κ3) is 1.99. The largest absolute Gasteiger partial charge is 0.398 e. The molecule has 3 N–H and O–H groups in total. The molecule has 4 nitrogen and oxygen atoms in total. The number of nitrogens with two attached hydrogens (primary N) is 1. The second-order valence-electron chi connectivity index (χ2n) is 4.26. The molecule has 2 heterocycles. The Hall–Kier alpha value is -1.85. The number of halogens is 2. The van der Waals surface area contributed by atoms with Gasteiger partial charge in [0.25, 0.3) is 0 Å². The van der Waals surface area contributed by atoms with E-state index in [0.29, 0.717) is 37.3 Å². The fourth-order valence-electron chi connectivity index (χ4n) is 2.07. The number of aromatic nitrogens is 2. The molecule has 0 saturated heterocycles. The fraction of sp³-hybridized carbons (Fsp3) is 0. The van der Waals surface area contributed by atoms with Gasteiger partial charge >= 0.3 is 0 Å². The number of anilines is 1. The maximum atomic E-state index is 12.7. The van der Waals surface area contributed by atoms with E-state index < -0.39 is 0 Å². The van der Waals surface area contributed by atoms with E-state index in [9.17, 15) is 4.79 Å². The zero-order valence-corrected chi connectivity index (χ0v) is 12.5. The number of nitrogens with one attached hydrogen (secondary N) is 1. The molecule has 0 unspecified atom stereocenters. The molecule has 1 aromatic carbocycles. The van der Waals surface area contributed by atoms with Crippen molar-refractivity contribution < 1.29 is 4.79 Å². The van der Waals surface area contributed by atoms with Gasteiger partial charge in [-0.1, -0.05) is 17.7 Å². The summed E-state index contributed by atoms with van der Waals surface area (Å²) in [6.45, 7) is 0. The van der Waals surface area contributed by atoms with E-state index in [-0.39, 0.29) is 5.78 Å². The van der Waals surface area contributed by atoms with Gasteiger partial charge in [0.1, 0.15) is 5.65 Å². The van der Waals surface area contributed by atoms with E-state index in [4.69, 9.17) is 17.3 Å². The number of nitrogen functional groups attached to an aromatic ring is 1. The van der Waals surface area contributed by atoms with Gasteiger partial charge in [-0.15, -0.1) is 0 Å². The maximum absolute atomic E-state index is 12.7. The highest BCUT2D eigenvalue weighted by molar-refractivity contribution is 9.10. The number of rotatable bonds is 2. The van der Waals surface area contributed by atoms with Gasteiger partial charge in [-0.2, -0.15) is 0 Å². The number of carbonyl (C=O) groups excluding carboxylic acids is 1. The highest BCUT2D eigenvalue weighted by Crippen LogP contribution is 2.30. The summed E-state index contributed by atoms with van der Waals surface area (Å²) in [6, 6.07) is 6.83. The number of hydrogen-bond donors (Lipinski definition) is 2. The smallest absolute Gasteiger partial charge is 0.196 e. The molecule has 0 aliphatic heterocycles. The summed E-state index contributed by atoms with van der Waals surface area (Å²) in [6.07, 6.45) is 3.20. The second-order valence-corrected chi connectivity index (χ2v) is 5.46. The van der Waals surface area contributed by atoms with E-state index in [1.54, 1.807) is 36.7 Å². The highest BCUT2D eigenvalue weighted by atomic mass is 79.9. The van der Waals surface area contributed by atoms with Crippen LogP contribution in [-0.4, -0.2) is 15.8 Å². The van der Waals surface area contributed by atoms with Gasteiger partial charge in [0.05, 0.1) is 15.1 Å². The molecule has 0 radical (unpaired) electrons. The molecule has 0 aliphatic carbocycles. The molecule has 3 aromatic rings. The molecule has 0 bridgehead atoms. The summed E-state index contributed by atoms with van der Waals surface area (Å²) in [4.78, 5) is 19.8. The number of fused-ring (bicyclic) bond motifs is 1. The quantitative estimate of drug-likeness (QED) is 0.545. The molecule has 6 heteroatoms. The molecule has 0 atom stereocenters. The zero-order valence-electron chi connectivity index (χ0n) is 10.2. The topological polar surface area (TPSA) is 71.8 Å². The number of hydrogen-bond acceptors (Lipinski definition) is 3.